The van der Waals surface area contributed by atoms with Crippen molar-refractivity contribution in [2.24, 2.45) is 0 Å². The highest BCUT2D eigenvalue weighted by Crippen LogP contribution is 2.24. The molecule has 0 aromatic carbocycles. The second-order valence-electron chi connectivity index (χ2n) is 7.22. The molecular formula is C22H29N3O4. The lowest BCUT2D eigenvalue weighted by Gasteiger charge is -2.17. The van der Waals surface area contributed by atoms with Crippen LogP contribution in [0.5, 0.6) is 5.75 Å². The molecule has 0 spiro atoms. The molecule has 2 aromatic heterocycles. The van der Waals surface area contributed by atoms with Crippen LogP contribution in [0.2, 0.25) is 0 Å². The molecule has 0 saturated carbocycles. The van der Waals surface area contributed by atoms with Crippen LogP contribution in [-0.2, 0) is 24.1 Å². The number of hydrogen-bond donors (Lipinski definition) is 0. The summed E-state index contributed by atoms with van der Waals surface area (Å²) < 4.78 is 12.6. The maximum atomic E-state index is 12.7. The Morgan fingerprint density at radius 3 is 2.86 bits per heavy atom. The maximum Gasteiger partial charge on any atom is 0.343 e. The molecule has 0 amide bonds. The zero-order chi connectivity index (χ0) is 20.6. The van der Waals surface area contributed by atoms with E-state index in [4.69, 9.17) is 9.47 Å². The van der Waals surface area contributed by atoms with Gasteiger partial charge in [-0.3, -0.25) is 9.78 Å². The summed E-state index contributed by atoms with van der Waals surface area (Å²) in [6.45, 7) is 5.70. The van der Waals surface area contributed by atoms with Gasteiger partial charge in [0.05, 0.1) is 13.7 Å². The Kier molecular flexibility index (Phi) is 7.41. The molecule has 29 heavy (non-hydrogen) atoms. The fraction of sp³-hybridized carbons (Fsp3) is 0.500. The van der Waals surface area contributed by atoms with Crippen LogP contribution in [0.25, 0.3) is 0 Å². The van der Waals surface area contributed by atoms with Crippen molar-refractivity contribution in [2.45, 2.75) is 39.2 Å². The lowest BCUT2D eigenvalue weighted by Crippen LogP contribution is -2.29. The highest BCUT2D eigenvalue weighted by Gasteiger charge is 2.25. The highest BCUT2D eigenvalue weighted by atomic mass is 16.5. The lowest BCUT2D eigenvalue weighted by molar-refractivity contribution is 0.0593. The molecule has 0 aliphatic carbocycles. The van der Waals surface area contributed by atoms with E-state index in [9.17, 15) is 9.59 Å². The molecule has 0 radical (unpaired) electrons. The van der Waals surface area contributed by atoms with Crippen LogP contribution in [0.4, 0.5) is 0 Å². The molecule has 3 heterocycles. The summed E-state index contributed by atoms with van der Waals surface area (Å²) in [6, 6.07) is 5.35. The van der Waals surface area contributed by atoms with Crippen molar-refractivity contribution in [1.82, 2.24) is 14.5 Å². The fourth-order valence-corrected chi connectivity index (χ4v) is 3.77. The number of ether oxygens (including phenoxy) is 2. The molecule has 3 rings (SSSR count). The first-order valence-corrected chi connectivity index (χ1v) is 10.2. The molecule has 0 unspecified atom stereocenters. The average molecular weight is 399 g/mol. The number of carbonyl (C=O) groups excluding carboxylic acids is 1. The summed E-state index contributed by atoms with van der Waals surface area (Å²) >= 11 is 0. The smallest absolute Gasteiger partial charge is 0.343 e. The monoisotopic (exact) mass is 399 g/mol. The number of nitrogens with zero attached hydrogens (tertiary/aromatic N) is 3. The van der Waals surface area contributed by atoms with Crippen molar-refractivity contribution in [1.29, 1.82) is 0 Å². The Morgan fingerprint density at radius 1 is 1.28 bits per heavy atom. The predicted molar refractivity (Wildman–Crippen MR) is 111 cm³/mol. The van der Waals surface area contributed by atoms with Crippen LogP contribution in [-0.4, -0.2) is 53.8 Å². The number of esters is 1. The first kappa shape index (κ1) is 21.0. The summed E-state index contributed by atoms with van der Waals surface area (Å²) in [5.74, 6) is -0.136. The van der Waals surface area contributed by atoms with Gasteiger partial charge in [0, 0.05) is 50.2 Å². The normalized spacial score (nSPS) is 14.1. The van der Waals surface area contributed by atoms with E-state index in [1.165, 1.54) is 13.2 Å². The van der Waals surface area contributed by atoms with Crippen LogP contribution >= 0.6 is 0 Å². The van der Waals surface area contributed by atoms with Crippen LogP contribution in [0.15, 0.2) is 35.4 Å². The molecule has 2 aromatic rings. The van der Waals surface area contributed by atoms with E-state index in [1.54, 1.807) is 10.8 Å². The number of carbonyl (C=O) groups is 1. The van der Waals surface area contributed by atoms with Crippen molar-refractivity contribution in [3.8, 4) is 5.75 Å². The molecule has 0 fully saturated rings. The minimum Gasteiger partial charge on any atom is -0.492 e. The molecule has 7 heteroatoms. The third kappa shape index (κ3) is 5.23. The first-order valence-electron chi connectivity index (χ1n) is 10.2. The summed E-state index contributed by atoms with van der Waals surface area (Å²) in [5, 5.41) is 0. The zero-order valence-electron chi connectivity index (χ0n) is 17.2. The van der Waals surface area contributed by atoms with Gasteiger partial charge < -0.3 is 18.9 Å². The highest BCUT2D eigenvalue weighted by molar-refractivity contribution is 5.93. The Hall–Kier alpha value is -2.67. The van der Waals surface area contributed by atoms with Crippen LogP contribution < -0.4 is 10.3 Å². The standard InChI is InChI=1S/C22H29N3O4/c1-3-10-24-11-8-18-21(22(27)28-2)19(15-20(26)25(18)13-12-24)29-14-5-7-17-6-4-9-23-16-17/h4,6,9,15-16H,3,5,7-8,10-14H2,1-2H3. The van der Waals surface area contributed by atoms with E-state index >= 15 is 0 Å². The quantitative estimate of drug-likeness (QED) is 0.501. The van der Waals surface area contributed by atoms with Gasteiger partial charge in [0.25, 0.3) is 5.56 Å². The molecular weight excluding hydrogens is 370 g/mol. The molecule has 0 atom stereocenters. The SMILES string of the molecule is CCCN1CCc2c(C(=O)OC)c(OCCCc3cccnc3)cc(=O)n2CC1. The first-order chi connectivity index (χ1) is 14.1. The molecule has 0 saturated heterocycles. The third-order valence-corrected chi connectivity index (χ3v) is 5.21. The molecule has 156 valence electrons. The van der Waals surface area contributed by atoms with E-state index in [1.807, 2.05) is 18.3 Å². The van der Waals surface area contributed by atoms with E-state index in [0.717, 1.165) is 44.5 Å². The van der Waals surface area contributed by atoms with E-state index in [2.05, 4.69) is 16.8 Å². The van der Waals surface area contributed by atoms with Crippen molar-refractivity contribution < 1.29 is 14.3 Å². The van der Waals surface area contributed by atoms with Crippen molar-refractivity contribution >= 4 is 5.97 Å². The summed E-state index contributed by atoms with van der Waals surface area (Å²) in [4.78, 5) is 31.7. The topological polar surface area (TPSA) is 73.7 Å². The van der Waals surface area contributed by atoms with E-state index in [-0.39, 0.29) is 5.56 Å². The van der Waals surface area contributed by atoms with Crippen molar-refractivity contribution in [3.63, 3.8) is 0 Å². The summed E-state index contributed by atoms with van der Waals surface area (Å²) in [7, 11) is 1.36. The number of rotatable bonds is 8. The Morgan fingerprint density at radius 2 is 2.14 bits per heavy atom. The van der Waals surface area contributed by atoms with Gasteiger partial charge in [0.2, 0.25) is 0 Å². The largest absolute Gasteiger partial charge is 0.492 e. The Bertz CT molecular complexity index is 880. The van der Waals surface area contributed by atoms with Crippen molar-refractivity contribution in [2.75, 3.05) is 33.4 Å². The van der Waals surface area contributed by atoms with Gasteiger partial charge in [-0.05, 0) is 37.4 Å². The van der Waals surface area contributed by atoms with Gasteiger partial charge in [-0.1, -0.05) is 13.0 Å². The average Bonchev–Trinajstić information content (AvgIpc) is 2.95. The minimum atomic E-state index is -0.458. The van der Waals surface area contributed by atoms with Gasteiger partial charge in [-0.25, -0.2) is 4.79 Å². The molecule has 7 nitrogen and oxygen atoms in total. The molecule has 1 aliphatic rings. The molecule has 0 N–H and O–H groups in total. The number of hydrogen-bond acceptors (Lipinski definition) is 6. The van der Waals surface area contributed by atoms with Crippen LogP contribution in [0.3, 0.4) is 0 Å². The van der Waals surface area contributed by atoms with Gasteiger partial charge in [0.15, 0.2) is 0 Å². The minimum absolute atomic E-state index is 0.131. The number of fused-ring (bicyclic) bond motifs is 1. The lowest BCUT2D eigenvalue weighted by atomic mass is 10.1. The van der Waals surface area contributed by atoms with Gasteiger partial charge in [-0.15, -0.1) is 0 Å². The van der Waals surface area contributed by atoms with Gasteiger partial charge >= 0.3 is 5.97 Å². The summed E-state index contributed by atoms with van der Waals surface area (Å²) in [5.41, 5.74) is 2.09. The Labute approximate surface area is 171 Å². The molecule has 0 bridgehead atoms. The fourth-order valence-electron chi connectivity index (χ4n) is 3.77. The zero-order valence-corrected chi connectivity index (χ0v) is 17.2. The van der Waals surface area contributed by atoms with E-state index < -0.39 is 5.97 Å². The second kappa shape index (κ2) is 10.2. The second-order valence-corrected chi connectivity index (χ2v) is 7.22. The molecule has 1 aliphatic heterocycles. The number of pyridine rings is 2. The maximum absolute atomic E-state index is 12.7. The third-order valence-electron chi connectivity index (χ3n) is 5.21. The summed E-state index contributed by atoms with van der Waals surface area (Å²) in [6.07, 6.45) is 6.82. The van der Waals surface area contributed by atoms with Crippen LogP contribution in [0.1, 0.15) is 41.4 Å². The van der Waals surface area contributed by atoms with Crippen molar-refractivity contribution in [3.05, 3.63) is 57.8 Å². The van der Waals surface area contributed by atoms with Crippen LogP contribution in [0, 0.1) is 0 Å². The Balaban J connectivity index is 1.79. The number of aromatic nitrogens is 2. The van der Waals surface area contributed by atoms with Gasteiger partial charge in [-0.2, -0.15) is 0 Å². The van der Waals surface area contributed by atoms with E-state index in [0.29, 0.717) is 36.6 Å². The number of aryl methyl sites for hydroxylation is 1. The van der Waals surface area contributed by atoms with Gasteiger partial charge in [0.1, 0.15) is 11.3 Å². The predicted octanol–water partition coefficient (Wildman–Crippen LogP) is 2.31. The number of methoxy groups -OCH3 is 1.